The van der Waals surface area contributed by atoms with E-state index in [1.807, 2.05) is 43.1 Å². The molecule has 0 aromatic heterocycles. The van der Waals surface area contributed by atoms with E-state index in [2.05, 4.69) is 12.4 Å². The van der Waals surface area contributed by atoms with Crippen LogP contribution in [0.1, 0.15) is 80.1 Å². The average molecular weight is 345 g/mol. The van der Waals surface area contributed by atoms with Gasteiger partial charge in [-0.2, -0.15) is 0 Å². The molecule has 0 unspecified atom stereocenters. The molecule has 0 spiro atoms. The van der Waals surface area contributed by atoms with E-state index in [0.29, 0.717) is 6.04 Å². The van der Waals surface area contributed by atoms with Gasteiger partial charge in [0.05, 0.1) is 0 Å². The van der Waals surface area contributed by atoms with Crippen LogP contribution in [0.5, 0.6) is 0 Å². The third-order valence-electron chi connectivity index (χ3n) is 5.75. The Hall–Kier alpha value is -1.35. The third-order valence-corrected chi connectivity index (χ3v) is 5.75. The van der Waals surface area contributed by atoms with Gasteiger partial charge in [-0.25, -0.2) is 0 Å². The fourth-order valence-electron chi connectivity index (χ4n) is 3.93. The Kier molecular flexibility index (Phi) is 8.47. The second-order valence-corrected chi connectivity index (χ2v) is 7.70. The van der Waals surface area contributed by atoms with Crippen LogP contribution in [0.4, 0.5) is 0 Å². The minimum Gasteiger partial charge on any atom is -0.339 e. The van der Waals surface area contributed by atoms with Gasteiger partial charge in [0, 0.05) is 24.7 Å². The SMILES string of the molecule is CNC1CCCCC1.Cc1ccc(C(=O)N(C)C2CCCCC2)cc1. The number of hydrogen-bond donors (Lipinski definition) is 1. The number of benzene rings is 1. The molecular formula is C22H36N2O. The Morgan fingerprint density at radius 2 is 1.44 bits per heavy atom. The minimum atomic E-state index is 0.164. The Morgan fingerprint density at radius 3 is 1.92 bits per heavy atom. The molecule has 2 aliphatic carbocycles. The zero-order valence-corrected chi connectivity index (χ0v) is 16.4. The fraction of sp³-hybridized carbons (Fsp3) is 0.682. The van der Waals surface area contributed by atoms with Crippen LogP contribution >= 0.6 is 0 Å². The molecule has 2 fully saturated rings. The molecule has 1 N–H and O–H groups in total. The van der Waals surface area contributed by atoms with E-state index in [4.69, 9.17) is 0 Å². The standard InChI is InChI=1S/C15H21NO.C7H15N/c1-12-8-10-13(11-9-12)15(17)16(2)14-6-4-3-5-7-14;1-8-7-5-3-2-4-6-7/h8-11,14H,3-7H2,1-2H3;7-8H,2-6H2,1H3. The molecule has 1 aromatic carbocycles. The minimum absolute atomic E-state index is 0.164. The van der Waals surface area contributed by atoms with Crippen LogP contribution in [-0.4, -0.2) is 37.0 Å². The van der Waals surface area contributed by atoms with Crippen molar-refractivity contribution in [2.45, 2.75) is 83.2 Å². The fourth-order valence-corrected chi connectivity index (χ4v) is 3.93. The maximum atomic E-state index is 12.3. The number of carbonyl (C=O) groups is 1. The first-order valence-corrected chi connectivity index (χ1v) is 10.1. The van der Waals surface area contributed by atoms with E-state index in [1.165, 1.54) is 56.9 Å². The van der Waals surface area contributed by atoms with Gasteiger partial charge in [-0.05, 0) is 51.8 Å². The zero-order chi connectivity index (χ0) is 18.1. The monoisotopic (exact) mass is 344 g/mol. The molecule has 0 aliphatic heterocycles. The summed E-state index contributed by atoms with van der Waals surface area (Å²) in [4.78, 5) is 14.2. The van der Waals surface area contributed by atoms with E-state index in [1.54, 1.807) is 0 Å². The van der Waals surface area contributed by atoms with E-state index < -0.39 is 0 Å². The maximum Gasteiger partial charge on any atom is 0.253 e. The molecule has 1 amide bonds. The molecule has 0 atom stereocenters. The number of nitrogens with one attached hydrogen (secondary N) is 1. The Balaban J connectivity index is 0.000000236. The molecule has 0 saturated heterocycles. The molecule has 3 nitrogen and oxygen atoms in total. The van der Waals surface area contributed by atoms with Crippen molar-refractivity contribution in [3.8, 4) is 0 Å². The summed E-state index contributed by atoms with van der Waals surface area (Å²) in [7, 11) is 4.01. The quantitative estimate of drug-likeness (QED) is 0.842. The number of aryl methyl sites for hydroxylation is 1. The summed E-state index contributed by atoms with van der Waals surface area (Å²) in [5.74, 6) is 0.164. The Labute approximate surface area is 154 Å². The predicted octanol–water partition coefficient (Wildman–Crippen LogP) is 4.94. The number of nitrogens with zero attached hydrogens (tertiary/aromatic N) is 1. The zero-order valence-electron chi connectivity index (χ0n) is 16.4. The maximum absolute atomic E-state index is 12.3. The lowest BCUT2D eigenvalue weighted by Crippen LogP contribution is -2.38. The van der Waals surface area contributed by atoms with Crippen molar-refractivity contribution in [3.63, 3.8) is 0 Å². The van der Waals surface area contributed by atoms with Gasteiger partial charge < -0.3 is 10.2 Å². The molecule has 25 heavy (non-hydrogen) atoms. The van der Waals surface area contributed by atoms with Crippen LogP contribution in [0.15, 0.2) is 24.3 Å². The van der Waals surface area contributed by atoms with E-state index in [9.17, 15) is 4.79 Å². The summed E-state index contributed by atoms with van der Waals surface area (Å²) in [6.07, 6.45) is 13.3. The first kappa shape index (κ1) is 20.0. The summed E-state index contributed by atoms with van der Waals surface area (Å²) in [6.45, 7) is 2.04. The van der Waals surface area contributed by atoms with Crippen molar-refractivity contribution in [2.75, 3.05) is 14.1 Å². The highest BCUT2D eigenvalue weighted by molar-refractivity contribution is 5.94. The van der Waals surface area contributed by atoms with Gasteiger partial charge in [0.15, 0.2) is 0 Å². The number of carbonyl (C=O) groups excluding carboxylic acids is 1. The summed E-state index contributed by atoms with van der Waals surface area (Å²) < 4.78 is 0. The highest BCUT2D eigenvalue weighted by Crippen LogP contribution is 2.23. The molecule has 0 bridgehead atoms. The molecule has 3 rings (SSSR count). The van der Waals surface area contributed by atoms with Crippen molar-refractivity contribution < 1.29 is 4.79 Å². The smallest absolute Gasteiger partial charge is 0.253 e. The lowest BCUT2D eigenvalue weighted by atomic mass is 9.94. The van der Waals surface area contributed by atoms with Gasteiger partial charge in [-0.1, -0.05) is 56.2 Å². The first-order chi connectivity index (χ1) is 12.1. The molecule has 2 saturated carbocycles. The second-order valence-electron chi connectivity index (χ2n) is 7.70. The van der Waals surface area contributed by atoms with E-state index in [-0.39, 0.29) is 5.91 Å². The van der Waals surface area contributed by atoms with Crippen molar-refractivity contribution in [2.24, 2.45) is 0 Å². The van der Waals surface area contributed by atoms with Gasteiger partial charge in [0.1, 0.15) is 0 Å². The highest BCUT2D eigenvalue weighted by atomic mass is 16.2. The molecule has 1 aromatic rings. The van der Waals surface area contributed by atoms with E-state index in [0.717, 1.165) is 24.4 Å². The van der Waals surface area contributed by atoms with Crippen LogP contribution in [0.2, 0.25) is 0 Å². The Bertz CT molecular complexity index is 499. The Morgan fingerprint density at radius 1 is 0.920 bits per heavy atom. The number of rotatable bonds is 3. The summed E-state index contributed by atoms with van der Waals surface area (Å²) >= 11 is 0. The van der Waals surface area contributed by atoms with Gasteiger partial charge in [-0.15, -0.1) is 0 Å². The van der Waals surface area contributed by atoms with Crippen molar-refractivity contribution >= 4 is 5.91 Å². The molecule has 0 heterocycles. The number of amides is 1. The van der Waals surface area contributed by atoms with Crippen LogP contribution in [0.3, 0.4) is 0 Å². The molecular weight excluding hydrogens is 308 g/mol. The van der Waals surface area contributed by atoms with Crippen molar-refractivity contribution in [1.82, 2.24) is 10.2 Å². The van der Waals surface area contributed by atoms with Gasteiger partial charge in [0.2, 0.25) is 0 Å². The second kappa shape index (κ2) is 10.6. The number of hydrogen-bond acceptors (Lipinski definition) is 2. The van der Waals surface area contributed by atoms with Crippen LogP contribution in [-0.2, 0) is 0 Å². The predicted molar refractivity (Wildman–Crippen MR) is 106 cm³/mol. The molecule has 3 heteroatoms. The van der Waals surface area contributed by atoms with Crippen molar-refractivity contribution in [1.29, 1.82) is 0 Å². The first-order valence-electron chi connectivity index (χ1n) is 10.1. The average Bonchev–Trinajstić information content (AvgIpc) is 2.69. The van der Waals surface area contributed by atoms with E-state index >= 15 is 0 Å². The molecule has 140 valence electrons. The largest absolute Gasteiger partial charge is 0.339 e. The topological polar surface area (TPSA) is 32.3 Å². The lowest BCUT2D eigenvalue weighted by molar-refractivity contribution is 0.0696. The molecule has 0 radical (unpaired) electrons. The lowest BCUT2D eigenvalue weighted by Gasteiger charge is -2.31. The highest BCUT2D eigenvalue weighted by Gasteiger charge is 2.22. The van der Waals surface area contributed by atoms with Crippen LogP contribution < -0.4 is 5.32 Å². The third kappa shape index (κ3) is 6.47. The summed E-state index contributed by atoms with van der Waals surface area (Å²) in [6, 6.07) is 9.14. The van der Waals surface area contributed by atoms with Gasteiger partial charge >= 0.3 is 0 Å². The van der Waals surface area contributed by atoms with Crippen molar-refractivity contribution in [3.05, 3.63) is 35.4 Å². The molecule has 2 aliphatic rings. The van der Waals surface area contributed by atoms with Gasteiger partial charge in [0.25, 0.3) is 5.91 Å². The normalized spacial score (nSPS) is 19.0. The van der Waals surface area contributed by atoms with Crippen LogP contribution in [0.25, 0.3) is 0 Å². The van der Waals surface area contributed by atoms with Crippen LogP contribution in [0, 0.1) is 6.92 Å². The summed E-state index contributed by atoms with van der Waals surface area (Å²) in [5, 5.41) is 3.30. The summed E-state index contributed by atoms with van der Waals surface area (Å²) in [5.41, 5.74) is 2.01. The van der Waals surface area contributed by atoms with Gasteiger partial charge in [-0.3, -0.25) is 4.79 Å².